The summed E-state index contributed by atoms with van der Waals surface area (Å²) in [7, 11) is 0. The third-order valence-electron chi connectivity index (χ3n) is 2.45. The fourth-order valence-corrected chi connectivity index (χ4v) is 2.01. The molecule has 0 atom stereocenters. The highest BCUT2D eigenvalue weighted by atomic mass is 79.9. The highest BCUT2D eigenvalue weighted by molar-refractivity contribution is 9.10. The zero-order valence-electron chi connectivity index (χ0n) is 8.72. The lowest BCUT2D eigenvalue weighted by molar-refractivity contribution is 0.630. The highest BCUT2D eigenvalue weighted by Gasteiger charge is 2.14. The van der Waals surface area contributed by atoms with Crippen LogP contribution < -0.4 is 5.73 Å². The first kappa shape index (κ1) is 11.1. The number of hydrogen-bond acceptors (Lipinski definition) is 2. The van der Waals surface area contributed by atoms with Gasteiger partial charge in [-0.3, -0.25) is 5.10 Å². The molecule has 0 bridgehead atoms. The molecule has 0 aliphatic heterocycles. The highest BCUT2D eigenvalue weighted by Crippen LogP contribution is 2.29. The zero-order valence-corrected chi connectivity index (χ0v) is 10.3. The number of nitrogen functional groups attached to an aromatic ring is 1. The molecule has 1 aromatic carbocycles. The van der Waals surface area contributed by atoms with E-state index in [2.05, 4.69) is 26.1 Å². The predicted octanol–water partition coefficient (Wildman–Crippen LogP) is 3.12. The van der Waals surface area contributed by atoms with Crippen molar-refractivity contribution in [1.29, 1.82) is 0 Å². The Morgan fingerprint density at radius 3 is 2.94 bits per heavy atom. The van der Waals surface area contributed by atoms with Gasteiger partial charge in [-0.15, -0.1) is 0 Å². The van der Waals surface area contributed by atoms with E-state index in [1.165, 1.54) is 6.07 Å². The summed E-state index contributed by atoms with van der Waals surface area (Å²) in [5.74, 6) is 0.137. The van der Waals surface area contributed by atoms with Gasteiger partial charge in [-0.05, 0) is 24.6 Å². The molecule has 3 N–H and O–H groups in total. The molecular formula is C11H11BrFN3. The number of H-pyrrole nitrogens is 1. The Labute approximate surface area is 101 Å². The molecule has 0 aliphatic carbocycles. The van der Waals surface area contributed by atoms with E-state index in [1.54, 1.807) is 12.1 Å². The van der Waals surface area contributed by atoms with E-state index in [-0.39, 0.29) is 5.82 Å². The minimum Gasteiger partial charge on any atom is -0.382 e. The standard InChI is InChI=1S/C11H11BrFN3/c1-2-7-10(15-16-11(7)14)8-5-6(12)3-4-9(8)13/h3-5H,2H2,1H3,(H3,14,15,16). The van der Waals surface area contributed by atoms with Crippen molar-refractivity contribution in [2.75, 3.05) is 5.73 Å². The monoisotopic (exact) mass is 283 g/mol. The molecule has 2 rings (SSSR count). The van der Waals surface area contributed by atoms with Crippen LogP contribution in [0.4, 0.5) is 10.2 Å². The topological polar surface area (TPSA) is 54.7 Å². The fraction of sp³-hybridized carbons (Fsp3) is 0.182. The number of aromatic amines is 1. The van der Waals surface area contributed by atoms with Crippen LogP contribution in [0.2, 0.25) is 0 Å². The quantitative estimate of drug-likeness (QED) is 0.890. The molecule has 0 saturated carbocycles. The lowest BCUT2D eigenvalue weighted by Gasteiger charge is -2.04. The molecule has 0 saturated heterocycles. The van der Waals surface area contributed by atoms with Crippen molar-refractivity contribution in [3.63, 3.8) is 0 Å². The Hall–Kier alpha value is -1.36. The van der Waals surface area contributed by atoms with Crippen molar-refractivity contribution in [1.82, 2.24) is 10.2 Å². The van der Waals surface area contributed by atoms with Crippen LogP contribution in [0.15, 0.2) is 22.7 Å². The van der Waals surface area contributed by atoms with Crippen LogP contribution >= 0.6 is 15.9 Å². The van der Waals surface area contributed by atoms with E-state index in [1.807, 2.05) is 6.92 Å². The lowest BCUT2D eigenvalue weighted by atomic mass is 10.1. The molecular weight excluding hydrogens is 273 g/mol. The Kier molecular flexibility index (Phi) is 2.96. The minimum absolute atomic E-state index is 0.290. The SMILES string of the molecule is CCc1c(N)n[nH]c1-c1cc(Br)ccc1F. The Balaban J connectivity index is 2.62. The fourth-order valence-electron chi connectivity index (χ4n) is 1.65. The molecule has 16 heavy (non-hydrogen) atoms. The lowest BCUT2D eigenvalue weighted by Crippen LogP contribution is -1.92. The average molecular weight is 284 g/mol. The van der Waals surface area contributed by atoms with Gasteiger partial charge in [-0.2, -0.15) is 5.10 Å². The van der Waals surface area contributed by atoms with Crippen LogP contribution in [0.1, 0.15) is 12.5 Å². The third-order valence-corrected chi connectivity index (χ3v) is 2.94. The van der Waals surface area contributed by atoms with Crippen molar-refractivity contribution in [2.45, 2.75) is 13.3 Å². The van der Waals surface area contributed by atoms with E-state index in [9.17, 15) is 4.39 Å². The van der Waals surface area contributed by atoms with E-state index >= 15 is 0 Å². The number of halogens is 2. The predicted molar refractivity (Wildman–Crippen MR) is 65.5 cm³/mol. The van der Waals surface area contributed by atoms with Crippen molar-refractivity contribution in [3.8, 4) is 11.3 Å². The Morgan fingerprint density at radius 2 is 2.25 bits per heavy atom. The molecule has 3 nitrogen and oxygen atoms in total. The second-order valence-electron chi connectivity index (χ2n) is 3.44. The van der Waals surface area contributed by atoms with Gasteiger partial charge in [0.05, 0.1) is 5.69 Å². The first-order chi connectivity index (χ1) is 7.63. The summed E-state index contributed by atoms with van der Waals surface area (Å²) in [5.41, 5.74) is 7.68. The average Bonchev–Trinajstić information content (AvgIpc) is 2.63. The summed E-state index contributed by atoms with van der Waals surface area (Å²) in [6, 6.07) is 4.78. The molecule has 2 aromatic rings. The molecule has 84 valence electrons. The number of hydrogen-bond donors (Lipinski definition) is 2. The van der Waals surface area contributed by atoms with E-state index < -0.39 is 0 Å². The molecule has 0 aliphatic rings. The Morgan fingerprint density at radius 1 is 1.50 bits per heavy atom. The van der Waals surface area contributed by atoms with Gasteiger partial charge in [-0.25, -0.2) is 4.39 Å². The maximum Gasteiger partial charge on any atom is 0.149 e. The second kappa shape index (κ2) is 4.25. The molecule has 5 heteroatoms. The van der Waals surface area contributed by atoms with Gasteiger partial charge >= 0.3 is 0 Å². The smallest absolute Gasteiger partial charge is 0.149 e. The first-order valence-electron chi connectivity index (χ1n) is 4.91. The van der Waals surface area contributed by atoms with Gasteiger partial charge in [-0.1, -0.05) is 22.9 Å². The molecule has 0 amide bonds. The van der Waals surface area contributed by atoms with Gasteiger partial charge in [0.25, 0.3) is 0 Å². The molecule has 0 fully saturated rings. The van der Waals surface area contributed by atoms with E-state index in [0.717, 1.165) is 10.0 Å². The normalized spacial score (nSPS) is 10.7. The van der Waals surface area contributed by atoms with Crippen molar-refractivity contribution < 1.29 is 4.39 Å². The van der Waals surface area contributed by atoms with Crippen molar-refractivity contribution in [3.05, 3.63) is 34.1 Å². The second-order valence-corrected chi connectivity index (χ2v) is 4.36. The van der Waals surface area contributed by atoms with Crippen LogP contribution in [0, 0.1) is 5.82 Å². The van der Waals surface area contributed by atoms with E-state index in [0.29, 0.717) is 23.5 Å². The van der Waals surface area contributed by atoms with Crippen molar-refractivity contribution in [2.24, 2.45) is 0 Å². The number of nitrogens with two attached hydrogens (primary N) is 1. The third kappa shape index (κ3) is 1.82. The van der Waals surface area contributed by atoms with Crippen LogP contribution in [-0.4, -0.2) is 10.2 Å². The molecule has 1 heterocycles. The van der Waals surface area contributed by atoms with Gasteiger partial charge in [0.2, 0.25) is 0 Å². The molecule has 0 unspecified atom stereocenters. The molecule has 0 radical (unpaired) electrons. The first-order valence-corrected chi connectivity index (χ1v) is 5.71. The van der Waals surface area contributed by atoms with Crippen LogP contribution in [-0.2, 0) is 6.42 Å². The van der Waals surface area contributed by atoms with Crippen molar-refractivity contribution >= 4 is 21.7 Å². The summed E-state index contributed by atoms with van der Waals surface area (Å²) in [4.78, 5) is 0. The maximum absolute atomic E-state index is 13.7. The molecule has 1 aromatic heterocycles. The largest absolute Gasteiger partial charge is 0.382 e. The summed E-state index contributed by atoms with van der Waals surface area (Å²) in [5, 5.41) is 6.68. The van der Waals surface area contributed by atoms with Crippen LogP contribution in [0.25, 0.3) is 11.3 Å². The van der Waals surface area contributed by atoms with Crippen LogP contribution in [0.3, 0.4) is 0 Å². The van der Waals surface area contributed by atoms with Crippen LogP contribution in [0.5, 0.6) is 0 Å². The number of rotatable bonds is 2. The minimum atomic E-state index is -0.290. The number of benzene rings is 1. The number of nitrogens with one attached hydrogen (secondary N) is 1. The molecule has 0 spiro atoms. The maximum atomic E-state index is 13.7. The number of nitrogens with zero attached hydrogens (tertiary/aromatic N) is 1. The van der Waals surface area contributed by atoms with E-state index in [4.69, 9.17) is 5.73 Å². The van der Waals surface area contributed by atoms with Gasteiger partial charge in [0, 0.05) is 15.6 Å². The van der Waals surface area contributed by atoms with Gasteiger partial charge < -0.3 is 5.73 Å². The number of aromatic nitrogens is 2. The summed E-state index contributed by atoms with van der Waals surface area (Å²) in [6.45, 7) is 1.96. The zero-order chi connectivity index (χ0) is 11.7. The summed E-state index contributed by atoms with van der Waals surface area (Å²) < 4.78 is 14.5. The summed E-state index contributed by atoms with van der Waals surface area (Å²) >= 11 is 3.31. The van der Waals surface area contributed by atoms with Gasteiger partial charge in [0.1, 0.15) is 11.6 Å². The Bertz CT molecular complexity index is 522. The summed E-state index contributed by atoms with van der Waals surface area (Å²) in [6.07, 6.45) is 0.712. The van der Waals surface area contributed by atoms with Gasteiger partial charge in [0.15, 0.2) is 0 Å². The number of anilines is 1.